The summed E-state index contributed by atoms with van der Waals surface area (Å²) in [6.07, 6.45) is -0.298. The molecule has 0 amide bonds. The molecule has 0 aromatic heterocycles. The molecule has 0 aliphatic carbocycles. The van der Waals surface area contributed by atoms with Crippen LogP contribution in [0.1, 0.15) is 20.3 Å². The number of rotatable bonds is 13. The lowest BCUT2D eigenvalue weighted by atomic mass is 10.4. The molecular formula is C19H46O8Si4. The maximum absolute atomic E-state index is 10.5. The van der Waals surface area contributed by atoms with Crippen molar-refractivity contribution in [3.8, 4) is 0 Å². The van der Waals surface area contributed by atoms with Crippen LogP contribution in [0.4, 0.5) is 0 Å². The second-order valence-electron chi connectivity index (χ2n) is 10.4. The Bertz CT molecular complexity index is 500. The third-order valence-corrected chi connectivity index (χ3v) is 15.1. The Hall–Kier alpha value is -0.162. The number of hydrogen-bond acceptors (Lipinski definition) is 7. The van der Waals surface area contributed by atoms with Crippen LogP contribution in [0, 0.1) is 0 Å². The molecule has 0 spiro atoms. The van der Waals surface area contributed by atoms with Gasteiger partial charge < -0.3 is 32.4 Å². The molecular weight excluding hydrogens is 469 g/mol. The van der Waals surface area contributed by atoms with Crippen LogP contribution in [0.25, 0.3) is 0 Å². The van der Waals surface area contributed by atoms with Crippen LogP contribution < -0.4 is 0 Å². The van der Waals surface area contributed by atoms with Gasteiger partial charge >= 0.3 is 14.8 Å². The summed E-state index contributed by atoms with van der Waals surface area (Å²) in [6, 6.07) is 0. The molecule has 0 saturated carbocycles. The predicted molar refractivity (Wildman–Crippen MR) is 135 cm³/mol. The first kappa shape index (κ1) is 33.0. The lowest BCUT2D eigenvalue weighted by Gasteiger charge is -2.46. The van der Waals surface area contributed by atoms with Crippen LogP contribution in [0.15, 0.2) is 12.2 Å². The zero-order chi connectivity index (χ0) is 25.3. The number of ether oxygens (including phenoxy) is 1. The number of aliphatic hydroxyl groups excluding tert-OH is 2. The highest BCUT2D eigenvalue weighted by molar-refractivity contribution is 6.90. The molecule has 0 aromatic carbocycles. The van der Waals surface area contributed by atoms with Gasteiger partial charge in [0.15, 0.2) is 30.7 Å². The van der Waals surface area contributed by atoms with E-state index in [-0.39, 0.29) is 5.57 Å². The number of hydrogen-bond donors (Lipinski definition) is 3. The average Bonchev–Trinajstić information content (AvgIpc) is 2.50. The Balaban J connectivity index is 0. The number of carbonyl (C=O) groups is 1. The van der Waals surface area contributed by atoms with Gasteiger partial charge in [-0.15, -0.1) is 0 Å². The molecule has 0 rings (SSSR count). The minimum atomic E-state index is -3.40. The van der Waals surface area contributed by atoms with Crippen LogP contribution in [0.2, 0.25) is 58.9 Å². The average molecular weight is 515 g/mol. The van der Waals surface area contributed by atoms with Crippen LogP contribution in [-0.2, 0) is 21.9 Å². The fourth-order valence-corrected chi connectivity index (χ4v) is 16.5. The first-order valence-electron chi connectivity index (χ1n) is 10.6. The van der Waals surface area contributed by atoms with Gasteiger partial charge in [-0.25, -0.2) is 4.79 Å². The largest absolute Gasteiger partial charge is 0.502 e. The SMILES string of the molecule is C=C(C)C(=O)O.CCCOC(C(O)CO)[Si](O[Si](C)(C)C)(O[Si](C)(C)C)O[Si](C)(C)C. The molecule has 12 heteroatoms. The van der Waals surface area contributed by atoms with Crippen molar-refractivity contribution < 1.29 is 37.2 Å². The molecule has 3 N–H and O–H groups in total. The second kappa shape index (κ2) is 13.5. The summed E-state index contributed by atoms with van der Waals surface area (Å²) in [5.41, 5.74) is -0.599. The molecule has 2 atom stereocenters. The summed E-state index contributed by atoms with van der Waals surface area (Å²) in [5.74, 6) is -0.935. The number of carboxylic acids is 1. The van der Waals surface area contributed by atoms with Gasteiger partial charge in [0.25, 0.3) is 0 Å². The van der Waals surface area contributed by atoms with Crippen molar-refractivity contribution in [2.75, 3.05) is 13.2 Å². The van der Waals surface area contributed by atoms with E-state index in [1.54, 1.807) is 0 Å². The summed E-state index contributed by atoms with van der Waals surface area (Å²) in [4.78, 5) is 9.60. The van der Waals surface area contributed by atoms with E-state index in [2.05, 4.69) is 65.5 Å². The van der Waals surface area contributed by atoms with Crippen molar-refractivity contribution in [1.82, 2.24) is 0 Å². The molecule has 0 aromatic rings. The van der Waals surface area contributed by atoms with Crippen LogP contribution in [0.5, 0.6) is 0 Å². The summed E-state index contributed by atoms with van der Waals surface area (Å²) in [6.45, 7) is 25.4. The Kier molecular flexibility index (Phi) is 14.4. The standard InChI is InChI=1S/C15H40O6Si4.C4H6O2/c1-11-12-18-15(14(17)13-16)25(19-22(2,3)4,20-23(5,6)7)21-24(8,9)10;1-3(2)4(5)6/h14-17H,11-13H2,1-10H3;1H2,2H3,(H,5,6). The highest BCUT2D eigenvalue weighted by atomic mass is 28.5. The monoisotopic (exact) mass is 514 g/mol. The smallest absolute Gasteiger partial charge is 0.478 e. The third kappa shape index (κ3) is 16.2. The van der Waals surface area contributed by atoms with Crippen molar-refractivity contribution in [3.05, 3.63) is 12.2 Å². The Morgan fingerprint density at radius 3 is 1.42 bits per heavy atom. The molecule has 8 nitrogen and oxygen atoms in total. The minimum absolute atomic E-state index is 0.176. The lowest BCUT2D eigenvalue weighted by molar-refractivity contribution is -0.132. The number of carboxylic acid groups (broad SMARTS) is 1. The highest BCUT2D eigenvalue weighted by Crippen LogP contribution is 2.31. The van der Waals surface area contributed by atoms with Gasteiger partial charge in [-0.05, 0) is 72.3 Å². The molecule has 2 unspecified atom stereocenters. The lowest BCUT2D eigenvalue weighted by Crippen LogP contribution is -2.70. The van der Waals surface area contributed by atoms with Crippen LogP contribution >= 0.6 is 0 Å². The van der Waals surface area contributed by atoms with Crippen molar-refractivity contribution in [2.45, 2.75) is 91.0 Å². The van der Waals surface area contributed by atoms with Gasteiger partial charge in [-0.1, -0.05) is 13.5 Å². The maximum Gasteiger partial charge on any atom is 0.502 e. The van der Waals surface area contributed by atoms with Gasteiger partial charge in [0.1, 0.15) is 6.10 Å². The highest BCUT2D eigenvalue weighted by Gasteiger charge is 2.59. The Morgan fingerprint density at radius 2 is 1.23 bits per heavy atom. The maximum atomic E-state index is 10.5. The number of aliphatic hydroxyl groups is 2. The van der Waals surface area contributed by atoms with Gasteiger partial charge in [0, 0.05) is 12.2 Å². The zero-order valence-corrected chi connectivity index (χ0v) is 25.4. The van der Waals surface area contributed by atoms with Crippen molar-refractivity contribution in [3.63, 3.8) is 0 Å². The Labute approximate surface area is 193 Å². The van der Waals surface area contributed by atoms with E-state index in [1.165, 1.54) is 6.92 Å². The molecule has 0 heterocycles. The topological polar surface area (TPSA) is 115 Å². The van der Waals surface area contributed by atoms with Crippen molar-refractivity contribution >= 4 is 39.7 Å². The van der Waals surface area contributed by atoms with E-state index in [0.29, 0.717) is 6.61 Å². The molecule has 0 aliphatic heterocycles. The fourth-order valence-electron chi connectivity index (χ4n) is 2.31. The fraction of sp³-hybridized carbons (Fsp3) is 0.842. The van der Waals surface area contributed by atoms with Gasteiger partial charge in [0.05, 0.1) is 6.61 Å². The summed E-state index contributed by atoms with van der Waals surface area (Å²) >= 11 is 0. The van der Waals surface area contributed by atoms with Crippen LogP contribution in [0.3, 0.4) is 0 Å². The number of aliphatic carboxylic acids is 1. The molecule has 31 heavy (non-hydrogen) atoms. The molecule has 0 radical (unpaired) electrons. The van der Waals surface area contributed by atoms with E-state index in [4.69, 9.17) is 22.2 Å². The van der Waals surface area contributed by atoms with Crippen molar-refractivity contribution in [1.29, 1.82) is 0 Å². The van der Waals surface area contributed by atoms with Crippen molar-refractivity contribution in [2.24, 2.45) is 0 Å². The second-order valence-corrected chi connectivity index (χ2v) is 27.3. The van der Waals surface area contributed by atoms with Gasteiger partial charge in [-0.3, -0.25) is 0 Å². The van der Waals surface area contributed by atoms with E-state index in [0.717, 1.165) is 6.42 Å². The molecule has 186 valence electrons. The van der Waals surface area contributed by atoms with Crippen LogP contribution in [-0.4, -0.2) is 80.1 Å². The summed E-state index contributed by atoms with van der Waals surface area (Å²) in [5, 5.41) is 28.1. The van der Waals surface area contributed by atoms with E-state index < -0.39 is 58.2 Å². The summed E-state index contributed by atoms with van der Waals surface area (Å²) in [7, 11) is -9.61. The van der Waals surface area contributed by atoms with E-state index in [9.17, 15) is 15.0 Å². The Morgan fingerprint density at radius 1 is 0.903 bits per heavy atom. The molecule has 0 saturated heterocycles. The first-order chi connectivity index (χ1) is 13.7. The minimum Gasteiger partial charge on any atom is -0.478 e. The molecule has 0 fully saturated rings. The zero-order valence-electron chi connectivity index (χ0n) is 21.4. The molecule has 0 aliphatic rings. The predicted octanol–water partition coefficient (Wildman–Crippen LogP) is 3.81. The van der Waals surface area contributed by atoms with Gasteiger partial charge in [0.2, 0.25) is 0 Å². The normalized spacial score (nSPS) is 15.0. The molecule has 0 bridgehead atoms. The third-order valence-electron chi connectivity index (χ3n) is 3.10. The van der Waals surface area contributed by atoms with E-state index in [1.807, 2.05) is 6.92 Å². The summed E-state index contributed by atoms with van der Waals surface area (Å²) < 4.78 is 25.7. The quantitative estimate of drug-likeness (QED) is 0.251. The first-order valence-corrected chi connectivity index (χ1v) is 22.6. The van der Waals surface area contributed by atoms with Gasteiger partial charge in [-0.2, -0.15) is 0 Å². The van der Waals surface area contributed by atoms with E-state index >= 15 is 0 Å².